The van der Waals surface area contributed by atoms with Gasteiger partial charge in [-0.25, -0.2) is 9.78 Å². The van der Waals surface area contributed by atoms with Gasteiger partial charge >= 0.3 is 5.97 Å². The second kappa shape index (κ2) is 13.1. The van der Waals surface area contributed by atoms with Crippen LogP contribution in [0.5, 0.6) is 5.75 Å². The van der Waals surface area contributed by atoms with Crippen LogP contribution in [0, 0.1) is 0 Å². The number of aromatic carboxylic acids is 1. The number of halogens is 1. The van der Waals surface area contributed by atoms with E-state index in [0.717, 1.165) is 66.2 Å². The molecule has 0 unspecified atom stereocenters. The van der Waals surface area contributed by atoms with Gasteiger partial charge in [-0.15, -0.1) is 0 Å². The Hall–Kier alpha value is -3.46. The van der Waals surface area contributed by atoms with E-state index in [4.69, 9.17) is 21.1 Å². The van der Waals surface area contributed by atoms with Gasteiger partial charge in [0.2, 0.25) is 0 Å². The number of hydrogen-bond acceptors (Lipinski definition) is 7. The molecule has 1 saturated carbocycles. The molecule has 0 radical (unpaired) electrons. The van der Waals surface area contributed by atoms with Crippen molar-refractivity contribution in [2.24, 2.45) is 0 Å². The highest BCUT2D eigenvalue weighted by Crippen LogP contribution is 2.31. The van der Waals surface area contributed by atoms with Crippen molar-refractivity contribution in [2.45, 2.75) is 44.8 Å². The Bertz CT molecular complexity index is 1440. The zero-order valence-corrected chi connectivity index (χ0v) is 22.5. The van der Waals surface area contributed by atoms with Gasteiger partial charge < -0.3 is 25.2 Å². The minimum atomic E-state index is -0.976. The van der Waals surface area contributed by atoms with Crippen molar-refractivity contribution >= 4 is 45.1 Å². The Morgan fingerprint density at radius 2 is 1.92 bits per heavy atom. The number of aromatic nitrogens is 2. The first kappa shape index (κ1) is 27.1. The normalized spacial score (nSPS) is 13.5. The molecule has 3 N–H and O–H groups in total. The zero-order chi connectivity index (χ0) is 27.0. The number of fused-ring (bicyclic) bond motifs is 3. The van der Waals surface area contributed by atoms with Gasteiger partial charge in [0.05, 0.1) is 28.8 Å². The van der Waals surface area contributed by atoms with Crippen LogP contribution in [0.3, 0.4) is 0 Å². The van der Waals surface area contributed by atoms with Crippen LogP contribution in [0.1, 0.15) is 48.0 Å². The SMILES string of the molecule is O=C(O)c1ccc2c(c1)nc(NCCOCCCCNCc1ccc(OC3CCC3)c(Cl)c1)c1ccncc12. The predicted molar refractivity (Wildman–Crippen MR) is 154 cm³/mol. The van der Waals surface area contributed by atoms with Gasteiger partial charge in [0.25, 0.3) is 0 Å². The van der Waals surface area contributed by atoms with Crippen molar-refractivity contribution in [3.05, 3.63) is 71.0 Å². The van der Waals surface area contributed by atoms with E-state index >= 15 is 0 Å². The summed E-state index contributed by atoms with van der Waals surface area (Å²) >= 11 is 6.39. The summed E-state index contributed by atoms with van der Waals surface area (Å²) in [6.45, 7) is 3.49. The highest BCUT2D eigenvalue weighted by molar-refractivity contribution is 6.32. The highest BCUT2D eigenvalue weighted by atomic mass is 35.5. The summed E-state index contributed by atoms with van der Waals surface area (Å²) in [6, 6.07) is 12.9. The molecule has 0 aliphatic heterocycles. The van der Waals surface area contributed by atoms with E-state index in [0.29, 0.717) is 42.2 Å². The van der Waals surface area contributed by atoms with E-state index in [1.165, 1.54) is 6.42 Å². The molecule has 0 bridgehead atoms. The Morgan fingerprint density at radius 1 is 1.03 bits per heavy atom. The third kappa shape index (κ3) is 6.95. The van der Waals surface area contributed by atoms with Crippen molar-refractivity contribution in [3.8, 4) is 5.75 Å². The zero-order valence-electron chi connectivity index (χ0n) is 21.8. The summed E-state index contributed by atoms with van der Waals surface area (Å²) in [6.07, 6.45) is 9.28. The largest absolute Gasteiger partial charge is 0.489 e. The van der Waals surface area contributed by atoms with E-state index in [2.05, 4.69) is 26.7 Å². The lowest BCUT2D eigenvalue weighted by atomic mass is 9.96. The van der Waals surface area contributed by atoms with Crippen LogP contribution < -0.4 is 15.4 Å². The average molecular weight is 549 g/mol. The molecule has 1 aliphatic carbocycles. The summed E-state index contributed by atoms with van der Waals surface area (Å²) in [5.74, 6) is 0.499. The van der Waals surface area contributed by atoms with Crippen LogP contribution in [0.2, 0.25) is 5.02 Å². The van der Waals surface area contributed by atoms with Crippen LogP contribution in [0.25, 0.3) is 21.7 Å². The molecule has 0 saturated heterocycles. The number of hydrogen-bond donors (Lipinski definition) is 3. The lowest BCUT2D eigenvalue weighted by Gasteiger charge is -2.26. The number of ether oxygens (including phenoxy) is 2. The number of carbonyl (C=O) groups is 1. The number of benzene rings is 2. The topological polar surface area (TPSA) is 106 Å². The molecule has 2 aromatic heterocycles. The molecule has 39 heavy (non-hydrogen) atoms. The van der Waals surface area contributed by atoms with E-state index in [1.807, 2.05) is 18.2 Å². The summed E-state index contributed by atoms with van der Waals surface area (Å²) in [7, 11) is 0. The highest BCUT2D eigenvalue weighted by Gasteiger charge is 2.20. The maximum Gasteiger partial charge on any atom is 0.335 e. The molecule has 2 aromatic carbocycles. The number of rotatable bonds is 14. The fourth-order valence-corrected chi connectivity index (χ4v) is 4.81. The van der Waals surface area contributed by atoms with E-state index in [1.54, 1.807) is 30.6 Å². The molecule has 5 rings (SSSR count). The third-order valence-corrected chi connectivity index (χ3v) is 7.24. The molecule has 8 nitrogen and oxygen atoms in total. The van der Waals surface area contributed by atoms with Crippen LogP contribution in [0.4, 0.5) is 5.82 Å². The van der Waals surface area contributed by atoms with Gasteiger partial charge in [-0.2, -0.15) is 0 Å². The number of unbranched alkanes of at least 4 members (excludes halogenated alkanes) is 1. The number of carboxylic acids is 1. The molecule has 0 spiro atoms. The van der Waals surface area contributed by atoms with Crippen molar-refractivity contribution in [1.82, 2.24) is 15.3 Å². The van der Waals surface area contributed by atoms with Crippen LogP contribution in [0.15, 0.2) is 54.9 Å². The molecule has 1 aliphatic rings. The molecule has 0 atom stereocenters. The Morgan fingerprint density at radius 3 is 2.72 bits per heavy atom. The molecule has 4 aromatic rings. The maximum atomic E-state index is 11.4. The fraction of sp³-hybridized carbons (Fsp3) is 0.367. The Kier molecular flexibility index (Phi) is 9.08. The monoisotopic (exact) mass is 548 g/mol. The summed E-state index contributed by atoms with van der Waals surface area (Å²) in [5.41, 5.74) is 1.97. The van der Waals surface area contributed by atoms with Crippen molar-refractivity contribution in [3.63, 3.8) is 0 Å². The van der Waals surface area contributed by atoms with E-state index in [9.17, 15) is 9.90 Å². The van der Waals surface area contributed by atoms with E-state index in [-0.39, 0.29) is 5.56 Å². The second-order valence-electron chi connectivity index (χ2n) is 9.78. The van der Waals surface area contributed by atoms with Crippen molar-refractivity contribution in [2.75, 3.05) is 31.6 Å². The number of nitrogens with zero attached hydrogens (tertiary/aromatic N) is 2. The van der Waals surface area contributed by atoms with E-state index < -0.39 is 5.97 Å². The second-order valence-corrected chi connectivity index (χ2v) is 10.2. The first-order valence-electron chi connectivity index (χ1n) is 13.5. The predicted octanol–water partition coefficient (Wildman–Crippen LogP) is 6.06. The summed E-state index contributed by atoms with van der Waals surface area (Å²) in [4.78, 5) is 20.3. The van der Waals surface area contributed by atoms with Gasteiger partial charge in [-0.3, -0.25) is 4.98 Å². The fourth-order valence-electron chi connectivity index (χ4n) is 4.56. The maximum absolute atomic E-state index is 11.4. The van der Waals surface area contributed by atoms with Crippen LogP contribution in [-0.4, -0.2) is 53.5 Å². The summed E-state index contributed by atoms with van der Waals surface area (Å²) in [5, 5.41) is 19.6. The smallest absolute Gasteiger partial charge is 0.335 e. The molecule has 9 heteroatoms. The quantitative estimate of drug-likeness (QED) is 0.129. The number of pyridine rings is 2. The van der Waals surface area contributed by atoms with Gasteiger partial charge in [0, 0.05) is 48.2 Å². The standard InChI is InChI=1S/C30H33ClN4O4/c31-26-16-20(6-9-28(26)39-22-4-3-5-22)18-32-11-1-2-14-38-15-13-34-29-24-10-12-33-19-25(24)23-8-7-21(30(36)37)17-27(23)35-29/h6-10,12,16-17,19,22,32H,1-5,11,13-15,18H2,(H,34,35)(H,36,37). The number of nitrogens with one attached hydrogen (secondary N) is 2. The molecule has 2 heterocycles. The van der Waals surface area contributed by atoms with Gasteiger partial charge in [-0.05, 0) is 74.5 Å². The minimum absolute atomic E-state index is 0.206. The molecular formula is C30H33ClN4O4. The molecule has 1 fully saturated rings. The van der Waals surface area contributed by atoms with Crippen LogP contribution >= 0.6 is 11.6 Å². The molecular weight excluding hydrogens is 516 g/mol. The first-order chi connectivity index (χ1) is 19.1. The van der Waals surface area contributed by atoms with Gasteiger partial charge in [0.1, 0.15) is 11.6 Å². The minimum Gasteiger partial charge on any atom is -0.489 e. The average Bonchev–Trinajstić information content (AvgIpc) is 2.92. The number of anilines is 1. The molecule has 0 amide bonds. The lowest BCUT2D eigenvalue weighted by molar-refractivity contribution is 0.0697. The Labute approximate surface area is 232 Å². The summed E-state index contributed by atoms with van der Waals surface area (Å²) < 4.78 is 11.7. The third-order valence-electron chi connectivity index (χ3n) is 6.95. The first-order valence-corrected chi connectivity index (χ1v) is 13.8. The van der Waals surface area contributed by atoms with Crippen LogP contribution in [-0.2, 0) is 11.3 Å². The van der Waals surface area contributed by atoms with Crippen molar-refractivity contribution < 1.29 is 19.4 Å². The number of carboxylic acid groups (broad SMARTS) is 1. The van der Waals surface area contributed by atoms with Gasteiger partial charge in [-0.1, -0.05) is 23.7 Å². The van der Waals surface area contributed by atoms with Crippen molar-refractivity contribution in [1.29, 1.82) is 0 Å². The Balaban J connectivity index is 1.01. The molecule has 204 valence electrons. The lowest BCUT2D eigenvalue weighted by Crippen LogP contribution is -2.24. The van der Waals surface area contributed by atoms with Gasteiger partial charge in [0.15, 0.2) is 0 Å².